The first-order valence-electron chi connectivity index (χ1n) is 11.2. The largest absolute Gasteiger partial charge is 0.497 e. The Labute approximate surface area is 209 Å². The van der Waals surface area contributed by atoms with Gasteiger partial charge in [-0.15, -0.1) is 0 Å². The Kier molecular flexibility index (Phi) is 8.44. The van der Waals surface area contributed by atoms with E-state index in [0.29, 0.717) is 36.3 Å². The minimum Gasteiger partial charge on any atom is -0.497 e. The molecule has 1 heterocycles. The van der Waals surface area contributed by atoms with Gasteiger partial charge in [-0.25, -0.2) is 8.42 Å². The van der Waals surface area contributed by atoms with E-state index in [1.165, 1.54) is 21.3 Å². The van der Waals surface area contributed by atoms with E-state index in [2.05, 4.69) is 5.32 Å². The van der Waals surface area contributed by atoms with Gasteiger partial charge >= 0.3 is 6.18 Å². The molecule has 1 N–H and O–H groups in total. The SMILES string of the molecule is COc1ccc(OC)c(CN(C)S(=O)(=O)c2cc(C(F)(F)F)ccc2NCC2OCCOC2(C)C)c1. The van der Waals surface area contributed by atoms with Crippen molar-refractivity contribution in [3.8, 4) is 11.5 Å². The van der Waals surface area contributed by atoms with Crippen molar-refractivity contribution in [2.75, 3.05) is 46.3 Å². The lowest BCUT2D eigenvalue weighted by atomic mass is 10.00. The number of hydrogen-bond donors (Lipinski definition) is 1. The van der Waals surface area contributed by atoms with E-state index < -0.39 is 38.4 Å². The number of rotatable bonds is 9. The van der Waals surface area contributed by atoms with Gasteiger partial charge in [0.1, 0.15) is 22.5 Å². The standard InChI is InChI=1S/C24H31F3N2O6S/c1-23(2)22(34-10-11-35-23)14-28-19-8-6-17(24(25,26)27)13-21(19)36(30,31)29(3)15-16-12-18(32-4)7-9-20(16)33-5/h6-9,12-13,22,28H,10-11,14-15H2,1-5H3. The van der Waals surface area contributed by atoms with Gasteiger partial charge in [-0.1, -0.05) is 0 Å². The van der Waals surface area contributed by atoms with Crippen LogP contribution in [0.5, 0.6) is 11.5 Å². The molecule has 0 amide bonds. The topological polar surface area (TPSA) is 86.3 Å². The highest BCUT2D eigenvalue weighted by atomic mass is 32.2. The lowest BCUT2D eigenvalue weighted by Crippen LogP contribution is -2.49. The second-order valence-corrected chi connectivity index (χ2v) is 10.9. The summed E-state index contributed by atoms with van der Waals surface area (Å²) >= 11 is 0. The fourth-order valence-electron chi connectivity index (χ4n) is 3.85. The van der Waals surface area contributed by atoms with Crippen LogP contribution in [0.15, 0.2) is 41.3 Å². The van der Waals surface area contributed by atoms with Crippen molar-refractivity contribution in [3.05, 3.63) is 47.5 Å². The quantitative estimate of drug-likeness (QED) is 0.519. The Morgan fingerprint density at radius 3 is 2.44 bits per heavy atom. The van der Waals surface area contributed by atoms with Crippen LogP contribution in [0.1, 0.15) is 25.0 Å². The van der Waals surface area contributed by atoms with E-state index in [1.54, 1.807) is 18.2 Å². The number of benzene rings is 2. The van der Waals surface area contributed by atoms with Crippen molar-refractivity contribution in [3.63, 3.8) is 0 Å². The molecule has 0 saturated carbocycles. The van der Waals surface area contributed by atoms with Crippen LogP contribution in [0, 0.1) is 0 Å². The summed E-state index contributed by atoms with van der Waals surface area (Å²) in [5.41, 5.74) is -1.22. The third kappa shape index (κ3) is 6.23. The van der Waals surface area contributed by atoms with Crippen LogP contribution in [-0.4, -0.2) is 65.5 Å². The maximum Gasteiger partial charge on any atom is 0.416 e. The number of hydrogen-bond acceptors (Lipinski definition) is 7. The molecular formula is C24H31F3N2O6S. The fourth-order valence-corrected chi connectivity index (χ4v) is 5.19. The minimum absolute atomic E-state index is 0.0254. The molecule has 0 radical (unpaired) electrons. The van der Waals surface area contributed by atoms with Crippen LogP contribution in [0.25, 0.3) is 0 Å². The van der Waals surface area contributed by atoms with Gasteiger partial charge < -0.3 is 24.3 Å². The molecule has 0 aromatic heterocycles. The first-order chi connectivity index (χ1) is 16.8. The predicted octanol–water partition coefficient (Wildman–Crippen LogP) is 4.15. The molecule has 12 heteroatoms. The Balaban J connectivity index is 1.96. The van der Waals surface area contributed by atoms with Crippen molar-refractivity contribution >= 4 is 15.7 Å². The molecule has 200 valence electrons. The second kappa shape index (κ2) is 10.8. The fraction of sp³-hybridized carbons (Fsp3) is 0.500. The molecule has 0 spiro atoms. The highest BCUT2D eigenvalue weighted by Gasteiger charge is 2.36. The van der Waals surface area contributed by atoms with Crippen molar-refractivity contribution < 1.29 is 40.5 Å². The molecule has 1 aliphatic heterocycles. The lowest BCUT2D eigenvalue weighted by molar-refractivity contribution is -0.181. The molecule has 2 aromatic rings. The van der Waals surface area contributed by atoms with Crippen LogP contribution in [0.4, 0.5) is 18.9 Å². The summed E-state index contributed by atoms with van der Waals surface area (Å²) < 4.78 is 90.6. The van der Waals surface area contributed by atoms with Crippen molar-refractivity contribution in [1.82, 2.24) is 4.31 Å². The number of ether oxygens (including phenoxy) is 4. The van der Waals surface area contributed by atoms with E-state index in [4.69, 9.17) is 18.9 Å². The average Bonchev–Trinajstić information content (AvgIpc) is 2.82. The summed E-state index contributed by atoms with van der Waals surface area (Å²) in [6, 6.07) is 7.49. The van der Waals surface area contributed by atoms with E-state index >= 15 is 0 Å². The van der Waals surface area contributed by atoms with Crippen molar-refractivity contribution in [2.45, 2.75) is 43.2 Å². The third-order valence-corrected chi connectivity index (χ3v) is 7.85. The Morgan fingerprint density at radius 1 is 1.11 bits per heavy atom. The zero-order chi connectivity index (χ0) is 26.7. The highest BCUT2D eigenvalue weighted by Crippen LogP contribution is 2.36. The molecule has 3 rings (SSSR count). The maximum atomic E-state index is 13.6. The van der Waals surface area contributed by atoms with Gasteiger partial charge in [-0.3, -0.25) is 0 Å². The second-order valence-electron chi connectivity index (χ2n) is 8.84. The molecule has 2 aromatic carbocycles. The first-order valence-corrected chi connectivity index (χ1v) is 12.6. The van der Waals surface area contributed by atoms with Gasteiger partial charge in [0.2, 0.25) is 10.0 Å². The van der Waals surface area contributed by atoms with E-state index in [1.807, 2.05) is 13.8 Å². The molecule has 0 bridgehead atoms. The molecule has 1 aliphatic rings. The molecule has 1 atom stereocenters. The number of alkyl halides is 3. The Morgan fingerprint density at radius 2 is 1.83 bits per heavy atom. The van der Waals surface area contributed by atoms with Crippen LogP contribution < -0.4 is 14.8 Å². The zero-order valence-electron chi connectivity index (χ0n) is 20.8. The van der Waals surface area contributed by atoms with Crippen molar-refractivity contribution in [1.29, 1.82) is 0 Å². The number of nitrogens with one attached hydrogen (secondary N) is 1. The van der Waals surface area contributed by atoms with Crippen LogP contribution in [0.2, 0.25) is 0 Å². The van der Waals surface area contributed by atoms with Gasteiger partial charge in [0.25, 0.3) is 0 Å². The minimum atomic E-state index is -4.72. The summed E-state index contributed by atoms with van der Waals surface area (Å²) in [5.74, 6) is 0.896. The first kappa shape index (κ1) is 28.0. The smallest absolute Gasteiger partial charge is 0.416 e. The van der Waals surface area contributed by atoms with E-state index in [9.17, 15) is 21.6 Å². The van der Waals surface area contributed by atoms with Crippen LogP contribution >= 0.6 is 0 Å². The monoisotopic (exact) mass is 532 g/mol. The Hall–Kier alpha value is -2.54. The van der Waals surface area contributed by atoms with Gasteiger partial charge in [-0.2, -0.15) is 17.5 Å². The molecule has 1 saturated heterocycles. The van der Waals surface area contributed by atoms with Gasteiger partial charge in [-0.05, 0) is 50.2 Å². The predicted molar refractivity (Wildman–Crippen MR) is 128 cm³/mol. The third-order valence-electron chi connectivity index (χ3n) is 6.01. The number of methoxy groups -OCH3 is 2. The average molecular weight is 533 g/mol. The summed E-state index contributed by atoms with van der Waals surface area (Å²) in [5, 5.41) is 2.96. The molecule has 8 nitrogen and oxygen atoms in total. The van der Waals surface area contributed by atoms with Gasteiger partial charge in [0.05, 0.1) is 44.3 Å². The Bertz CT molecular complexity index is 1170. The van der Waals surface area contributed by atoms with E-state index in [-0.39, 0.29) is 18.8 Å². The zero-order valence-corrected chi connectivity index (χ0v) is 21.6. The number of anilines is 1. The summed E-state index contributed by atoms with van der Waals surface area (Å²) in [6.45, 7) is 4.41. The van der Waals surface area contributed by atoms with Crippen LogP contribution in [0.3, 0.4) is 0 Å². The van der Waals surface area contributed by atoms with Crippen LogP contribution in [-0.2, 0) is 32.2 Å². The number of sulfonamides is 1. The summed E-state index contributed by atoms with van der Waals surface area (Å²) in [4.78, 5) is -0.503. The van der Waals surface area contributed by atoms with Crippen molar-refractivity contribution in [2.24, 2.45) is 0 Å². The molecule has 1 unspecified atom stereocenters. The lowest BCUT2D eigenvalue weighted by Gasteiger charge is -2.38. The summed E-state index contributed by atoms with van der Waals surface area (Å²) in [7, 11) is -0.178. The van der Waals surface area contributed by atoms with Gasteiger partial charge in [0, 0.05) is 25.7 Å². The van der Waals surface area contributed by atoms with Gasteiger partial charge in [0.15, 0.2) is 0 Å². The molecule has 0 aliphatic carbocycles. The van der Waals surface area contributed by atoms with E-state index in [0.717, 1.165) is 16.4 Å². The highest BCUT2D eigenvalue weighted by molar-refractivity contribution is 7.89. The molecule has 36 heavy (non-hydrogen) atoms. The summed E-state index contributed by atoms with van der Waals surface area (Å²) in [6.07, 6.45) is -5.16. The molecular weight excluding hydrogens is 501 g/mol. The molecule has 1 fully saturated rings. The number of nitrogens with zero attached hydrogens (tertiary/aromatic N) is 1. The maximum absolute atomic E-state index is 13.6. The normalized spacial score (nSPS) is 18.2. The number of halogens is 3.